The Morgan fingerprint density at radius 2 is 1.95 bits per heavy atom. The van der Waals surface area contributed by atoms with Crippen molar-refractivity contribution in [2.24, 2.45) is 5.92 Å². The summed E-state index contributed by atoms with van der Waals surface area (Å²) in [6.07, 6.45) is 10.3. The molecule has 2 atom stereocenters. The number of aliphatic hydroxyl groups excluding tert-OH is 1. The summed E-state index contributed by atoms with van der Waals surface area (Å²) in [6.45, 7) is 0. The average Bonchev–Trinajstić information content (AvgIpc) is 2.88. The fourth-order valence-electron chi connectivity index (χ4n) is 4.20. The summed E-state index contributed by atoms with van der Waals surface area (Å²) in [7, 11) is 0. The smallest absolute Gasteiger partial charge is 0.128 e. The van der Waals surface area contributed by atoms with Crippen LogP contribution in [-0.4, -0.2) is 16.3 Å². The van der Waals surface area contributed by atoms with Crippen LogP contribution in [0.1, 0.15) is 31.2 Å². The Bertz CT molecular complexity index is 609. The van der Waals surface area contributed by atoms with Gasteiger partial charge in [0.2, 0.25) is 0 Å². The lowest BCUT2D eigenvalue weighted by atomic mass is 9.64. The molecule has 1 heterocycles. The number of fused-ring (bicyclic) bond motifs is 4. The van der Waals surface area contributed by atoms with Crippen molar-refractivity contribution in [2.75, 3.05) is 0 Å². The van der Waals surface area contributed by atoms with E-state index in [0.29, 0.717) is 0 Å². The summed E-state index contributed by atoms with van der Waals surface area (Å²) in [6, 6.07) is 5.47. The van der Waals surface area contributed by atoms with Crippen LogP contribution in [0, 0.1) is 5.92 Å². The molecule has 2 aliphatic carbocycles. The fraction of sp³-hybridized carbons (Fsp3) is 0.412. The Morgan fingerprint density at radius 1 is 1.15 bits per heavy atom. The predicted octanol–water partition coefficient (Wildman–Crippen LogP) is 3.59. The van der Waals surface area contributed by atoms with Gasteiger partial charge in [0, 0.05) is 23.0 Å². The number of hydrogen-bond acceptors (Lipinski definition) is 3. The summed E-state index contributed by atoms with van der Waals surface area (Å²) >= 11 is 0. The predicted molar refractivity (Wildman–Crippen MR) is 76.0 cm³/mol. The molecule has 104 valence electrons. The second kappa shape index (κ2) is 4.05. The van der Waals surface area contributed by atoms with Gasteiger partial charge in [-0.05, 0) is 31.1 Å². The van der Waals surface area contributed by atoms with Gasteiger partial charge in [0.1, 0.15) is 23.4 Å². The van der Waals surface area contributed by atoms with Gasteiger partial charge in [-0.15, -0.1) is 0 Å². The van der Waals surface area contributed by atoms with Gasteiger partial charge >= 0.3 is 0 Å². The van der Waals surface area contributed by atoms with E-state index in [0.717, 1.165) is 18.6 Å². The Kier molecular flexibility index (Phi) is 2.40. The third-order valence-corrected chi connectivity index (χ3v) is 5.06. The fourth-order valence-corrected chi connectivity index (χ4v) is 4.20. The molecule has 0 bridgehead atoms. The maximum Gasteiger partial charge on any atom is 0.128 e. The molecule has 1 saturated carbocycles. The SMILES string of the molecule is OC1=CC2Oc3cc(O)ccc3C3(CCCC3)C2C=C1. The van der Waals surface area contributed by atoms with Crippen LogP contribution < -0.4 is 4.74 Å². The third kappa shape index (κ3) is 1.52. The Labute approximate surface area is 118 Å². The molecule has 1 fully saturated rings. The first-order valence-corrected chi connectivity index (χ1v) is 7.28. The number of phenols is 1. The van der Waals surface area contributed by atoms with Crippen molar-refractivity contribution in [3.63, 3.8) is 0 Å². The monoisotopic (exact) mass is 270 g/mol. The van der Waals surface area contributed by atoms with Crippen LogP contribution in [0.5, 0.6) is 11.5 Å². The van der Waals surface area contributed by atoms with Gasteiger partial charge in [0.15, 0.2) is 0 Å². The van der Waals surface area contributed by atoms with Gasteiger partial charge < -0.3 is 14.9 Å². The molecule has 0 saturated heterocycles. The normalized spacial score (nSPS) is 29.5. The highest BCUT2D eigenvalue weighted by atomic mass is 16.5. The van der Waals surface area contributed by atoms with Gasteiger partial charge in [-0.2, -0.15) is 0 Å². The number of hydrogen-bond donors (Lipinski definition) is 2. The van der Waals surface area contributed by atoms with Crippen LogP contribution in [0.3, 0.4) is 0 Å². The number of rotatable bonds is 0. The lowest BCUT2D eigenvalue weighted by Gasteiger charge is -2.46. The molecule has 0 radical (unpaired) electrons. The van der Waals surface area contributed by atoms with Crippen LogP contribution >= 0.6 is 0 Å². The zero-order chi connectivity index (χ0) is 13.7. The molecule has 1 aromatic carbocycles. The minimum atomic E-state index is -0.132. The van der Waals surface area contributed by atoms with E-state index < -0.39 is 0 Å². The molecule has 3 nitrogen and oxygen atoms in total. The van der Waals surface area contributed by atoms with Crippen molar-refractivity contribution >= 4 is 0 Å². The summed E-state index contributed by atoms with van der Waals surface area (Å²) in [5.41, 5.74) is 1.31. The molecule has 3 aliphatic rings. The topological polar surface area (TPSA) is 49.7 Å². The molecule has 2 N–H and O–H groups in total. The highest BCUT2D eigenvalue weighted by molar-refractivity contribution is 5.50. The molecule has 0 aromatic heterocycles. The first kappa shape index (κ1) is 11.9. The van der Waals surface area contributed by atoms with E-state index in [1.807, 2.05) is 6.07 Å². The molecule has 3 heteroatoms. The molecule has 0 amide bonds. The second-order valence-electron chi connectivity index (χ2n) is 6.10. The van der Waals surface area contributed by atoms with Gasteiger partial charge in [-0.25, -0.2) is 0 Å². The van der Waals surface area contributed by atoms with Crippen molar-refractivity contribution < 1.29 is 14.9 Å². The summed E-state index contributed by atoms with van der Waals surface area (Å²) in [5, 5.41) is 19.4. The Hall–Kier alpha value is -1.90. The Morgan fingerprint density at radius 3 is 2.75 bits per heavy atom. The average molecular weight is 270 g/mol. The first-order chi connectivity index (χ1) is 9.69. The summed E-state index contributed by atoms with van der Waals surface area (Å²) in [5.74, 6) is 1.54. The molecular formula is C17H18O3. The van der Waals surface area contributed by atoms with E-state index >= 15 is 0 Å². The van der Waals surface area contributed by atoms with E-state index in [2.05, 4.69) is 6.08 Å². The summed E-state index contributed by atoms with van der Waals surface area (Å²) < 4.78 is 6.03. The maximum atomic E-state index is 9.73. The second-order valence-corrected chi connectivity index (χ2v) is 6.10. The van der Waals surface area contributed by atoms with Crippen LogP contribution in [0.4, 0.5) is 0 Å². The maximum absolute atomic E-state index is 9.73. The molecule has 1 spiro atoms. The molecule has 20 heavy (non-hydrogen) atoms. The van der Waals surface area contributed by atoms with E-state index in [1.165, 1.54) is 18.4 Å². The van der Waals surface area contributed by atoms with Gasteiger partial charge in [0.05, 0.1) is 0 Å². The molecule has 1 aromatic rings. The lowest BCUT2D eigenvalue weighted by Crippen LogP contribution is -2.45. The number of aliphatic hydroxyl groups is 1. The number of phenolic OH excluding ortho intramolecular Hbond substituents is 1. The molecule has 1 aliphatic heterocycles. The zero-order valence-electron chi connectivity index (χ0n) is 11.2. The zero-order valence-corrected chi connectivity index (χ0v) is 11.2. The van der Waals surface area contributed by atoms with E-state index in [1.54, 1.807) is 24.3 Å². The van der Waals surface area contributed by atoms with Crippen molar-refractivity contribution in [1.82, 2.24) is 0 Å². The van der Waals surface area contributed by atoms with E-state index in [-0.39, 0.29) is 28.9 Å². The highest BCUT2D eigenvalue weighted by Crippen LogP contribution is 2.55. The molecule has 4 rings (SSSR count). The number of aromatic hydroxyl groups is 1. The third-order valence-electron chi connectivity index (χ3n) is 5.06. The highest BCUT2D eigenvalue weighted by Gasteiger charge is 2.50. The van der Waals surface area contributed by atoms with Crippen LogP contribution in [0.25, 0.3) is 0 Å². The van der Waals surface area contributed by atoms with Crippen LogP contribution in [0.2, 0.25) is 0 Å². The van der Waals surface area contributed by atoms with Crippen LogP contribution in [0.15, 0.2) is 42.2 Å². The summed E-state index contributed by atoms with van der Waals surface area (Å²) in [4.78, 5) is 0. The lowest BCUT2D eigenvalue weighted by molar-refractivity contribution is 0.103. The van der Waals surface area contributed by atoms with Gasteiger partial charge in [-0.3, -0.25) is 0 Å². The number of ether oxygens (including phenoxy) is 1. The minimum Gasteiger partial charge on any atom is -0.508 e. The first-order valence-electron chi connectivity index (χ1n) is 7.28. The van der Waals surface area contributed by atoms with Crippen molar-refractivity contribution in [3.05, 3.63) is 47.7 Å². The largest absolute Gasteiger partial charge is 0.508 e. The van der Waals surface area contributed by atoms with Gasteiger partial charge in [-0.1, -0.05) is 25.0 Å². The van der Waals surface area contributed by atoms with Crippen LogP contribution in [-0.2, 0) is 5.41 Å². The van der Waals surface area contributed by atoms with Gasteiger partial charge in [0.25, 0.3) is 0 Å². The number of benzene rings is 1. The molecule has 2 unspecified atom stereocenters. The Balaban J connectivity index is 1.90. The van der Waals surface area contributed by atoms with Crippen molar-refractivity contribution in [2.45, 2.75) is 37.2 Å². The van der Waals surface area contributed by atoms with Crippen molar-refractivity contribution in [3.8, 4) is 11.5 Å². The standard InChI is InChI=1S/C17H18O3/c18-11-3-5-13-15(9-11)20-16-10-12(19)4-6-14(16)17(13)7-1-2-8-17/h3-6,9-10,13,15,18-19H,1-2,7-8H2. The number of allylic oxidation sites excluding steroid dienone is 1. The van der Waals surface area contributed by atoms with E-state index in [4.69, 9.17) is 4.74 Å². The minimum absolute atomic E-state index is 0.0969. The van der Waals surface area contributed by atoms with Crippen molar-refractivity contribution in [1.29, 1.82) is 0 Å². The quantitative estimate of drug-likeness (QED) is 0.757. The molecular weight excluding hydrogens is 252 g/mol. The van der Waals surface area contributed by atoms with E-state index in [9.17, 15) is 10.2 Å².